The normalized spacial score (nSPS) is 10.6. The number of nitrogens with zero attached hydrogens (tertiary/aromatic N) is 2. The van der Waals surface area contributed by atoms with Gasteiger partial charge in [-0.05, 0) is 38.5 Å². The van der Waals surface area contributed by atoms with Crippen LogP contribution in [-0.2, 0) is 11.2 Å². The molecule has 0 bridgehead atoms. The summed E-state index contributed by atoms with van der Waals surface area (Å²) in [6, 6.07) is 9.45. The number of hydrogen-bond donors (Lipinski definition) is 0. The van der Waals surface area contributed by atoms with Crippen LogP contribution in [0.1, 0.15) is 26.3 Å². The number of carbonyl (C=O) groups is 1. The molecule has 0 saturated carbocycles. The van der Waals surface area contributed by atoms with Crippen LogP contribution in [0.5, 0.6) is 5.75 Å². The first-order chi connectivity index (χ1) is 9.81. The van der Waals surface area contributed by atoms with Gasteiger partial charge in [0.2, 0.25) is 0 Å². The van der Waals surface area contributed by atoms with Crippen molar-refractivity contribution >= 4 is 6.09 Å². The molecule has 0 aliphatic rings. The third kappa shape index (κ3) is 6.66. The monoisotopic (exact) mass is 290 g/mol. The quantitative estimate of drug-likeness (QED) is 0.836. The molecule has 0 aliphatic carbocycles. The highest BCUT2D eigenvalue weighted by molar-refractivity contribution is 5.67. The molecule has 0 radical (unpaired) electrons. The summed E-state index contributed by atoms with van der Waals surface area (Å²) in [6.45, 7) is 6.32. The van der Waals surface area contributed by atoms with Gasteiger partial charge in [0, 0.05) is 7.05 Å². The Hall–Kier alpha value is -2.22. The van der Waals surface area contributed by atoms with Gasteiger partial charge in [-0.3, -0.25) is 0 Å². The maximum absolute atomic E-state index is 11.7. The molecule has 1 aromatic rings. The van der Waals surface area contributed by atoms with Gasteiger partial charge in [-0.25, -0.2) is 4.79 Å². The molecule has 0 spiro atoms. The predicted molar refractivity (Wildman–Crippen MR) is 80.1 cm³/mol. The van der Waals surface area contributed by atoms with Crippen LogP contribution >= 0.6 is 0 Å². The first-order valence-corrected chi connectivity index (χ1v) is 6.84. The second-order valence-electron chi connectivity index (χ2n) is 5.73. The minimum absolute atomic E-state index is 0.365. The predicted octanol–water partition coefficient (Wildman–Crippen LogP) is 3.00. The number of benzene rings is 1. The molecule has 0 saturated heterocycles. The molecule has 1 rings (SSSR count). The summed E-state index contributed by atoms with van der Waals surface area (Å²) in [4.78, 5) is 13.2. The van der Waals surface area contributed by atoms with Gasteiger partial charge in [0.1, 0.15) is 18.0 Å². The van der Waals surface area contributed by atoms with Crippen LogP contribution in [-0.4, -0.2) is 36.8 Å². The van der Waals surface area contributed by atoms with E-state index in [1.165, 1.54) is 4.90 Å². The highest BCUT2D eigenvalue weighted by Gasteiger charge is 2.19. The van der Waals surface area contributed by atoms with Crippen molar-refractivity contribution in [3.8, 4) is 11.8 Å². The largest absolute Gasteiger partial charge is 0.492 e. The fourth-order valence-corrected chi connectivity index (χ4v) is 1.53. The van der Waals surface area contributed by atoms with Gasteiger partial charge >= 0.3 is 6.09 Å². The maximum atomic E-state index is 11.7. The highest BCUT2D eigenvalue weighted by Crippen LogP contribution is 2.13. The van der Waals surface area contributed by atoms with E-state index in [2.05, 4.69) is 6.07 Å². The molecule has 1 aromatic carbocycles. The Balaban J connectivity index is 2.36. The van der Waals surface area contributed by atoms with Crippen LogP contribution in [0, 0.1) is 11.3 Å². The summed E-state index contributed by atoms with van der Waals surface area (Å²) in [7, 11) is 1.67. The average molecular weight is 290 g/mol. The second-order valence-corrected chi connectivity index (χ2v) is 5.73. The Kier molecular flexibility index (Phi) is 6.04. The standard InChI is InChI=1S/C16H22N2O3/c1-16(2,3)21-15(19)18(4)11-12-20-14-7-5-13(6-8-14)9-10-17/h5-8H,9,11-12H2,1-4H3. The van der Waals surface area contributed by atoms with Gasteiger partial charge in [0.05, 0.1) is 19.0 Å². The van der Waals surface area contributed by atoms with Crippen molar-refractivity contribution in [2.75, 3.05) is 20.2 Å². The van der Waals surface area contributed by atoms with Crippen LogP contribution in [0.25, 0.3) is 0 Å². The molecule has 21 heavy (non-hydrogen) atoms. The Morgan fingerprint density at radius 3 is 2.43 bits per heavy atom. The summed E-state index contributed by atoms with van der Waals surface area (Å²) in [5.74, 6) is 0.717. The number of nitriles is 1. The van der Waals surface area contributed by atoms with Crippen molar-refractivity contribution < 1.29 is 14.3 Å². The third-order valence-corrected chi connectivity index (χ3v) is 2.61. The number of ether oxygens (including phenoxy) is 2. The van der Waals surface area contributed by atoms with E-state index in [4.69, 9.17) is 14.7 Å². The molecule has 5 heteroatoms. The number of likely N-dealkylation sites (N-methyl/N-ethyl adjacent to an activating group) is 1. The molecule has 0 heterocycles. The summed E-state index contributed by atoms with van der Waals surface area (Å²) < 4.78 is 10.8. The summed E-state index contributed by atoms with van der Waals surface area (Å²) in [5, 5.41) is 8.59. The molecule has 0 N–H and O–H groups in total. The lowest BCUT2D eigenvalue weighted by Crippen LogP contribution is -2.36. The fraction of sp³-hybridized carbons (Fsp3) is 0.500. The van der Waals surface area contributed by atoms with Gasteiger partial charge < -0.3 is 14.4 Å². The third-order valence-electron chi connectivity index (χ3n) is 2.61. The topological polar surface area (TPSA) is 62.6 Å². The summed E-state index contributed by atoms with van der Waals surface area (Å²) in [5.41, 5.74) is 0.457. The van der Waals surface area contributed by atoms with E-state index >= 15 is 0 Å². The second kappa shape index (κ2) is 7.53. The fourth-order valence-electron chi connectivity index (χ4n) is 1.53. The number of hydrogen-bond acceptors (Lipinski definition) is 4. The van der Waals surface area contributed by atoms with E-state index in [9.17, 15) is 4.79 Å². The molecule has 0 aromatic heterocycles. The Morgan fingerprint density at radius 2 is 1.90 bits per heavy atom. The number of rotatable bonds is 5. The van der Waals surface area contributed by atoms with Gasteiger partial charge in [0.15, 0.2) is 0 Å². The van der Waals surface area contributed by atoms with Crippen molar-refractivity contribution in [1.82, 2.24) is 4.90 Å². The van der Waals surface area contributed by atoms with Crippen LogP contribution in [0.3, 0.4) is 0 Å². The number of carbonyl (C=O) groups excluding carboxylic acids is 1. The first-order valence-electron chi connectivity index (χ1n) is 6.84. The van der Waals surface area contributed by atoms with Crippen molar-refractivity contribution in [3.63, 3.8) is 0 Å². The highest BCUT2D eigenvalue weighted by atomic mass is 16.6. The van der Waals surface area contributed by atoms with Gasteiger partial charge in [-0.1, -0.05) is 12.1 Å². The summed E-state index contributed by atoms with van der Waals surface area (Å²) >= 11 is 0. The molecule has 5 nitrogen and oxygen atoms in total. The lowest BCUT2D eigenvalue weighted by molar-refractivity contribution is 0.0278. The maximum Gasteiger partial charge on any atom is 0.410 e. The van der Waals surface area contributed by atoms with Crippen molar-refractivity contribution in [3.05, 3.63) is 29.8 Å². The molecule has 0 atom stereocenters. The molecule has 1 amide bonds. The zero-order chi connectivity index (χ0) is 15.9. The van der Waals surface area contributed by atoms with Crippen molar-refractivity contribution in [2.24, 2.45) is 0 Å². The molecule has 114 valence electrons. The number of amides is 1. The van der Waals surface area contributed by atoms with Crippen LogP contribution < -0.4 is 4.74 Å². The van der Waals surface area contributed by atoms with E-state index in [0.717, 1.165) is 5.56 Å². The minimum Gasteiger partial charge on any atom is -0.492 e. The molecular formula is C16H22N2O3. The van der Waals surface area contributed by atoms with Crippen LogP contribution in [0.15, 0.2) is 24.3 Å². The van der Waals surface area contributed by atoms with Crippen LogP contribution in [0.2, 0.25) is 0 Å². The average Bonchev–Trinajstić information content (AvgIpc) is 2.39. The van der Waals surface area contributed by atoms with Crippen molar-refractivity contribution in [2.45, 2.75) is 32.8 Å². The van der Waals surface area contributed by atoms with E-state index in [1.807, 2.05) is 45.0 Å². The first kappa shape index (κ1) is 16.8. The summed E-state index contributed by atoms with van der Waals surface area (Å²) in [6.07, 6.45) is 0.0252. The van der Waals surface area contributed by atoms with Gasteiger partial charge in [-0.2, -0.15) is 5.26 Å². The SMILES string of the molecule is CN(CCOc1ccc(CC#N)cc1)C(=O)OC(C)(C)C. The van der Waals surface area contributed by atoms with Crippen molar-refractivity contribution in [1.29, 1.82) is 5.26 Å². The van der Waals surface area contributed by atoms with E-state index in [0.29, 0.717) is 25.3 Å². The van der Waals surface area contributed by atoms with E-state index in [-0.39, 0.29) is 6.09 Å². The molecule has 0 unspecified atom stereocenters. The van der Waals surface area contributed by atoms with E-state index < -0.39 is 5.60 Å². The van der Waals surface area contributed by atoms with Crippen LogP contribution in [0.4, 0.5) is 4.79 Å². The Bertz CT molecular complexity index is 498. The Morgan fingerprint density at radius 1 is 1.29 bits per heavy atom. The Labute approximate surface area is 126 Å². The van der Waals surface area contributed by atoms with Gasteiger partial charge in [0.25, 0.3) is 0 Å². The molecule has 0 aliphatic heterocycles. The van der Waals surface area contributed by atoms with E-state index in [1.54, 1.807) is 7.05 Å². The molecule has 0 fully saturated rings. The zero-order valence-electron chi connectivity index (χ0n) is 13.0. The smallest absolute Gasteiger partial charge is 0.410 e. The molecular weight excluding hydrogens is 268 g/mol. The van der Waals surface area contributed by atoms with Gasteiger partial charge in [-0.15, -0.1) is 0 Å². The lowest BCUT2D eigenvalue weighted by Gasteiger charge is -2.24. The minimum atomic E-state index is -0.497. The lowest BCUT2D eigenvalue weighted by atomic mass is 10.2. The zero-order valence-corrected chi connectivity index (χ0v) is 13.0.